The van der Waals surface area contributed by atoms with Gasteiger partial charge in [0.1, 0.15) is 11.7 Å². The predicted octanol–water partition coefficient (Wildman–Crippen LogP) is 5.87. The zero-order valence-electron chi connectivity index (χ0n) is 18.6. The number of nitrogens with zero attached hydrogens (tertiary/aromatic N) is 1. The van der Waals surface area contributed by atoms with Crippen LogP contribution in [0.2, 0.25) is 0 Å². The lowest BCUT2D eigenvalue weighted by atomic mass is 9.78. The molecule has 3 aromatic rings. The molecule has 1 amide bonds. The second-order valence-electron chi connectivity index (χ2n) is 8.72. The van der Waals surface area contributed by atoms with Gasteiger partial charge in [0.2, 0.25) is 5.91 Å². The topological polar surface area (TPSA) is 53.6 Å². The molecule has 2 aliphatic rings. The van der Waals surface area contributed by atoms with Crippen molar-refractivity contribution in [3.8, 4) is 5.75 Å². The Bertz CT molecular complexity index is 1260. The molecule has 0 radical (unpaired) electrons. The average Bonchev–Trinajstić information content (AvgIpc) is 2.76. The molecule has 7 heteroatoms. The summed E-state index contributed by atoms with van der Waals surface area (Å²) >= 11 is 9.29. The van der Waals surface area contributed by atoms with Crippen molar-refractivity contribution in [2.24, 2.45) is 5.92 Å². The first kappa shape index (κ1) is 21.9. The van der Waals surface area contributed by atoms with E-state index in [0.717, 1.165) is 38.3 Å². The van der Waals surface area contributed by atoms with E-state index < -0.39 is 11.6 Å². The summed E-state index contributed by atoms with van der Waals surface area (Å²) in [5.74, 6) is 0.0576. The number of para-hydroxylation sites is 1. The van der Waals surface area contributed by atoms with Crippen molar-refractivity contribution in [1.82, 2.24) is 5.32 Å². The summed E-state index contributed by atoms with van der Waals surface area (Å²) in [7, 11) is 0. The second kappa shape index (κ2) is 8.15. The molecule has 33 heavy (non-hydrogen) atoms. The smallest absolute Gasteiger partial charge is 0.236 e. The number of amides is 1. The van der Waals surface area contributed by atoms with Crippen molar-refractivity contribution in [2.75, 3.05) is 10.2 Å². The molecule has 1 saturated heterocycles. The lowest BCUT2D eigenvalue weighted by Gasteiger charge is -2.56. The lowest BCUT2D eigenvalue weighted by Crippen LogP contribution is -2.72. The molecule has 168 valence electrons. The highest BCUT2D eigenvalue weighted by molar-refractivity contribution is 9.10. The number of anilines is 2. The Balaban J connectivity index is 1.61. The van der Waals surface area contributed by atoms with Gasteiger partial charge in [-0.3, -0.25) is 9.69 Å². The number of rotatable bonds is 3. The van der Waals surface area contributed by atoms with E-state index in [2.05, 4.69) is 32.6 Å². The van der Waals surface area contributed by atoms with Crippen LogP contribution >= 0.6 is 28.1 Å². The average molecular weight is 522 g/mol. The molecule has 0 unspecified atom stereocenters. The maximum absolute atomic E-state index is 13.9. The van der Waals surface area contributed by atoms with Crippen LogP contribution in [0.1, 0.15) is 29.7 Å². The van der Waals surface area contributed by atoms with Crippen molar-refractivity contribution in [3.63, 3.8) is 0 Å². The molecule has 0 aromatic heterocycles. The molecule has 3 aromatic carbocycles. The number of hydrogen-bond acceptors (Lipinski definition) is 3. The molecule has 2 aliphatic heterocycles. The van der Waals surface area contributed by atoms with E-state index in [-0.39, 0.29) is 11.9 Å². The van der Waals surface area contributed by atoms with Gasteiger partial charge in [-0.05, 0) is 75.0 Å². The minimum Gasteiger partial charge on any atom is -0.467 e. The third-order valence-corrected chi connectivity index (χ3v) is 7.24. The monoisotopic (exact) mass is 521 g/mol. The molecule has 2 N–H and O–H groups in total. The van der Waals surface area contributed by atoms with Gasteiger partial charge < -0.3 is 15.4 Å². The first-order valence-electron chi connectivity index (χ1n) is 10.8. The zero-order valence-corrected chi connectivity index (χ0v) is 21.0. The fraction of sp³-hybridized carbons (Fsp3) is 0.231. The number of thiocarbonyl (C=S) groups is 1. The highest BCUT2D eigenvalue weighted by atomic mass is 79.9. The quantitative estimate of drug-likeness (QED) is 0.422. The van der Waals surface area contributed by atoms with Crippen molar-refractivity contribution in [2.45, 2.75) is 32.5 Å². The Kier molecular flexibility index (Phi) is 5.41. The van der Waals surface area contributed by atoms with Gasteiger partial charge in [0.15, 0.2) is 10.8 Å². The number of hydrogen-bond donors (Lipinski definition) is 2. The van der Waals surface area contributed by atoms with Crippen molar-refractivity contribution < 1.29 is 9.53 Å². The third kappa shape index (κ3) is 3.69. The summed E-state index contributed by atoms with van der Waals surface area (Å²) in [6.07, 6.45) is 0. The predicted molar refractivity (Wildman–Crippen MR) is 139 cm³/mol. The van der Waals surface area contributed by atoms with E-state index in [4.69, 9.17) is 17.0 Å². The van der Waals surface area contributed by atoms with E-state index >= 15 is 0 Å². The van der Waals surface area contributed by atoms with Crippen LogP contribution in [0.3, 0.4) is 0 Å². The Morgan fingerprint density at radius 2 is 1.85 bits per heavy atom. The summed E-state index contributed by atoms with van der Waals surface area (Å²) in [5.41, 5.74) is 3.71. The normalized spacial score (nSPS) is 23.3. The Morgan fingerprint density at radius 3 is 2.58 bits per heavy atom. The number of halogens is 1. The highest BCUT2D eigenvalue weighted by Gasteiger charge is 2.59. The summed E-state index contributed by atoms with van der Waals surface area (Å²) in [6, 6.07) is 21.4. The maximum Gasteiger partial charge on any atom is 0.236 e. The van der Waals surface area contributed by atoms with E-state index in [1.54, 1.807) is 0 Å². The van der Waals surface area contributed by atoms with Gasteiger partial charge in [-0.15, -0.1) is 0 Å². The van der Waals surface area contributed by atoms with E-state index in [1.165, 1.54) is 0 Å². The summed E-state index contributed by atoms with van der Waals surface area (Å²) in [4.78, 5) is 15.8. The van der Waals surface area contributed by atoms with Crippen LogP contribution in [0.4, 0.5) is 11.4 Å². The van der Waals surface area contributed by atoms with Crippen LogP contribution in [0, 0.1) is 19.8 Å². The van der Waals surface area contributed by atoms with E-state index in [0.29, 0.717) is 5.11 Å². The molecular formula is C26H24BrN3O2S. The summed E-state index contributed by atoms with van der Waals surface area (Å²) in [5, 5.41) is 7.11. The number of carbonyl (C=O) groups is 1. The number of ether oxygens (including phenoxy) is 1. The van der Waals surface area contributed by atoms with Gasteiger partial charge in [-0.2, -0.15) is 0 Å². The fourth-order valence-corrected chi connectivity index (χ4v) is 5.55. The molecule has 5 nitrogen and oxygen atoms in total. The Labute approximate surface area is 207 Å². The first-order valence-corrected chi connectivity index (χ1v) is 12.0. The minimum atomic E-state index is -1.03. The zero-order chi connectivity index (χ0) is 23.3. The van der Waals surface area contributed by atoms with Crippen molar-refractivity contribution in [3.05, 3.63) is 87.9 Å². The van der Waals surface area contributed by atoms with Gasteiger partial charge in [-0.25, -0.2) is 0 Å². The standard InChI is InChI=1S/C26H24BrN3O2S/c1-15-8-13-20(16(2)14-15)28-24(31)22-23-19-6-4-5-7-21(19)32-26(22,3)30(25(33)29-23)18-11-9-17(27)10-12-18/h4-14,22-23H,1-3H3,(H,28,31)(H,29,33)/t22-,23+,26+/m1/s1. The molecular weight excluding hydrogens is 498 g/mol. The SMILES string of the molecule is Cc1ccc(NC(=O)[C@H]2[C@H]3NC(=S)N(c4ccc(Br)cc4)[C@@]2(C)Oc2ccccc23)c(C)c1. The largest absolute Gasteiger partial charge is 0.467 e. The number of benzene rings is 3. The van der Waals surface area contributed by atoms with Crippen molar-refractivity contribution in [1.29, 1.82) is 0 Å². The Hall–Kier alpha value is -2.90. The molecule has 0 saturated carbocycles. The number of nitrogens with one attached hydrogen (secondary N) is 2. The van der Waals surface area contributed by atoms with Crippen LogP contribution in [-0.2, 0) is 4.79 Å². The van der Waals surface area contributed by atoms with Gasteiger partial charge in [0.05, 0.1) is 6.04 Å². The van der Waals surface area contributed by atoms with E-state index in [1.807, 2.05) is 86.3 Å². The molecule has 1 fully saturated rings. The molecule has 2 heterocycles. The number of aryl methyl sites for hydroxylation is 2. The Morgan fingerprint density at radius 1 is 1.12 bits per heavy atom. The molecule has 5 rings (SSSR count). The summed E-state index contributed by atoms with van der Waals surface area (Å²) < 4.78 is 7.57. The molecule has 2 bridgehead atoms. The van der Waals surface area contributed by atoms with Gasteiger partial charge in [-0.1, -0.05) is 51.8 Å². The number of fused-ring (bicyclic) bond motifs is 4. The molecule has 0 spiro atoms. The summed E-state index contributed by atoms with van der Waals surface area (Å²) in [6.45, 7) is 5.98. The van der Waals surface area contributed by atoms with Crippen LogP contribution in [0.5, 0.6) is 5.75 Å². The van der Waals surface area contributed by atoms with Crippen LogP contribution in [0.15, 0.2) is 71.2 Å². The maximum atomic E-state index is 13.9. The van der Waals surface area contributed by atoms with Crippen LogP contribution in [0.25, 0.3) is 0 Å². The molecule has 3 atom stereocenters. The van der Waals surface area contributed by atoms with Crippen molar-refractivity contribution >= 4 is 50.5 Å². The van der Waals surface area contributed by atoms with E-state index in [9.17, 15) is 4.79 Å². The highest BCUT2D eigenvalue weighted by Crippen LogP contribution is 2.49. The van der Waals surface area contributed by atoms with Gasteiger partial charge in [0, 0.05) is 21.4 Å². The number of carbonyl (C=O) groups excluding carboxylic acids is 1. The van der Waals surface area contributed by atoms with Crippen LogP contribution < -0.4 is 20.3 Å². The second-order valence-corrected chi connectivity index (χ2v) is 10.0. The van der Waals surface area contributed by atoms with Gasteiger partial charge in [0.25, 0.3) is 0 Å². The molecule has 0 aliphatic carbocycles. The van der Waals surface area contributed by atoms with Crippen LogP contribution in [-0.4, -0.2) is 16.7 Å². The fourth-order valence-electron chi connectivity index (χ4n) is 4.87. The third-order valence-electron chi connectivity index (χ3n) is 6.41. The van der Waals surface area contributed by atoms with Gasteiger partial charge >= 0.3 is 0 Å². The minimum absolute atomic E-state index is 0.124. The lowest BCUT2D eigenvalue weighted by molar-refractivity contribution is -0.130. The first-order chi connectivity index (χ1) is 15.8.